The van der Waals surface area contributed by atoms with E-state index in [0.717, 1.165) is 5.92 Å². The van der Waals surface area contributed by atoms with Crippen LogP contribution in [0.3, 0.4) is 0 Å². The van der Waals surface area contributed by atoms with Crippen LogP contribution in [-0.4, -0.2) is 27.6 Å². The molecule has 2 nitrogen and oxygen atoms in total. The van der Waals surface area contributed by atoms with Crippen molar-refractivity contribution in [2.24, 2.45) is 5.92 Å². The van der Waals surface area contributed by atoms with Crippen molar-refractivity contribution in [1.29, 1.82) is 0 Å². The van der Waals surface area contributed by atoms with Crippen molar-refractivity contribution >= 4 is 8.32 Å². The van der Waals surface area contributed by atoms with Crippen LogP contribution in [0.15, 0.2) is 0 Å². The highest BCUT2D eigenvalue weighted by atomic mass is 28.4. The van der Waals surface area contributed by atoms with Crippen LogP contribution in [-0.2, 0) is 9.16 Å². The predicted molar refractivity (Wildman–Crippen MR) is 87.6 cm³/mol. The van der Waals surface area contributed by atoms with Gasteiger partial charge in [-0.25, -0.2) is 0 Å². The van der Waals surface area contributed by atoms with Crippen LogP contribution < -0.4 is 0 Å². The van der Waals surface area contributed by atoms with E-state index < -0.39 is 8.32 Å². The standard InChI is InChI=1S/C17H34O2Si/c1-18-20(2,3)13-9-7-5-4-6-8-10-15-11-12-16-17(14-15)19-16/h15-17H,4-14H2,1-3H3. The molecule has 1 saturated carbocycles. The van der Waals surface area contributed by atoms with Crippen molar-refractivity contribution in [3.63, 3.8) is 0 Å². The summed E-state index contributed by atoms with van der Waals surface area (Å²) in [5, 5.41) is 0. The van der Waals surface area contributed by atoms with Crippen LogP contribution >= 0.6 is 0 Å². The summed E-state index contributed by atoms with van der Waals surface area (Å²) in [5.41, 5.74) is 0. The summed E-state index contributed by atoms with van der Waals surface area (Å²) in [5.74, 6) is 0.979. The average Bonchev–Trinajstić information content (AvgIpc) is 3.20. The van der Waals surface area contributed by atoms with E-state index in [1.807, 2.05) is 7.11 Å². The molecule has 3 atom stereocenters. The first kappa shape index (κ1) is 16.5. The maximum absolute atomic E-state index is 5.61. The van der Waals surface area contributed by atoms with Gasteiger partial charge in [-0.05, 0) is 44.3 Å². The number of unbranched alkanes of at least 4 members (excludes halogenated alkanes) is 5. The van der Waals surface area contributed by atoms with Gasteiger partial charge in [0.15, 0.2) is 8.32 Å². The molecule has 1 saturated heterocycles. The van der Waals surface area contributed by atoms with Crippen LogP contribution in [0.4, 0.5) is 0 Å². The van der Waals surface area contributed by atoms with Crippen molar-refractivity contribution in [2.45, 2.75) is 95.6 Å². The Kier molecular flexibility index (Phi) is 6.56. The quantitative estimate of drug-likeness (QED) is 0.316. The van der Waals surface area contributed by atoms with E-state index in [1.165, 1.54) is 70.3 Å². The van der Waals surface area contributed by atoms with Gasteiger partial charge in [0.1, 0.15) is 0 Å². The molecule has 3 heteroatoms. The fraction of sp³-hybridized carbons (Fsp3) is 1.00. The summed E-state index contributed by atoms with van der Waals surface area (Å²) >= 11 is 0. The molecule has 0 amide bonds. The van der Waals surface area contributed by atoms with Gasteiger partial charge in [-0.15, -0.1) is 0 Å². The van der Waals surface area contributed by atoms with Gasteiger partial charge in [0.05, 0.1) is 12.2 Å². The van der Waals surface area contributed by atoms with Gasteiger partial charge in [-0.1, -0.05) is 44.9 Å². The summed E-state index contributed by atoms with van der Waals surface area (Å²) < 4.78 is 11.2. The van der Waals surface area contributed by atoms with E-state index in [0.29, 0.717) is 12.2 Å². The zero-order valence-electron chi connectivity index (χ0n) is 13.8. The van der Waals surface area contributed by atoms with E-state index in [2.05, 4.69) is 13.1 Å². The van der Waals surface area contributed by atoms with Gasteiger partial charge in [-0.3, -0.25) is 0 Å². The molecule has 1 heterocycles. The molecule has 1 aliphatic carbocycles. The van der Waals surface area contributed by atoms with Crippen molar-refractivity contribution in [3.8, 4) is 0 Å². The zero-order valence-corrected chi connectivity index (χ0v) is 14.8. The van der Waals surface area contributed by atoms with E-state index in [9.17, 15) is 0 Å². The molecule has 20 heavy (non-hydrogen) atoms. The van der Waals surface area contributed by atoms with E-state index >= 15 is 0 Å². The fourth-order valence-electron chi connectivity index (χ4n) is 3.54. The highest BCUT2D eigenvalue weighted by Gasteiger charge is 2.43. The Balaban J connectivity index is 1.37. The second kappa shape index (κ2) is 7.95. The Labute approximate surface area is 126 Å². The molecule has 2 fully saturated rings. The lowest BCUT2D eigenvalue weighted by molar-refractivity contribution is 0.343. The third-order valence-corrected chi connectivity index (χ3v) is 7.97. The third-order valence-electron chi connectivity index (χ3n) is 5.31. The maximum Gasteiger partial charge on any atom is 0.186 e. The highest BCUT2D eigenvalue weighted by molar-refractivity contribution is 6.71. The van der Waals surface area contributed by atoms with Crippen LogP contribution in [0.25, 0.3) is 0 Å². The van der Waals surface area contributed by atoms with Crippen LogP contribution in [0.2, 0.25) is 19.1 Å². The lowest BCUT2D eigenvalue weighted by atomic mass is 9.85. The van der Waals surface area contributed by atoms with Crippen molar-refractivity contribution < 1.29 is 9.16 Å². The first-order valence-corrected chi connectivity index (χ1v) is 11.9. The number of fused-ring (bicyclic) bond motifs is 1. The second-order valence-electron chi connectivity index (χ2n) is 7.52. The molecule has 118 valence electrons. The average molecular weight is 299 g/mol. The molecule has 2 rings (SSSR count). The summed E-state index contributed by atoms with van der Waals surface area (Å²) in [6.45, 7) is 4.65. The largest absolute Gasteiger partial charge is 0.420 e. The number of ether oxygens (including phenoxy) is 1. The van der Waals surface area contributed by atoms with Gasteiger partial charge in [-0.2, -0.15) is 0 Å². The SMILES string of the molecule is CO[Si](C)(C)CCCCCCCCC1CCC2OC2C1. The number of hydrogen-bond acceptors (Lipinski definition) is 2. The van der Waals surface area contributed by atoms with Crippen molar-refractivity contribution in [3.05, 3.63) is 0 Å². The number of hydrogen-bond donors (Lipinski definition) is 0. The van der Waals surface area contributed by atoms with Crippen molar-refractivity contribution in [2.75, 3.05) is 7.11 Å². The van der Waals surface area contributed by atoms with Gasteiger partial charge >= 0.3 is 0 Å². The van der Waals surface area contributed by atoms with Gasteiger partial charge < -0.3 is 9.16 Å². The minimum absolute atomic E-state index is 0.669. The predicted octanol–water partition coefficient (Wildman–Crippen LogP) is 5.14. The molecule has 0 spiro atoms. The Morgan fingerprint density at radius 1 is 0.950 bits per heavy atom. The molecule has 0 radical (unpaired) electrons. The maximum atomic E-state index is 5.61. The van der Waals surface area contributed by atoms with E-state index in [1.54, 1.807) is 0 Å². The summed E-state index contributed by atoms with van der Waals surface area (Å²) in [4.78, 5) is 0. The smallest absolute Gasteiger partial charge is 0.186 e. The Hall–Kier alpha value is 0.137. The molecule has 0 aromatic rings. The molecular weight excluding hydrogens is 264 g/mol. The Morgan fingerprint density at radius 2 is 1.65 bits per heavy atom. The second-order valence-corrected chi connectivity index (χ2v) is 11.9. The number of epoxide rings is 1. The molecule has 0 bridgehead atoms. The van der Waals surface area contributed by atoms with Gasteiger partial charge in [0.25, 0.3) is 0 Å². The molecule has 2 aliphatic rings. The van der Waals surface area contributed by atoms with Crippen molar-refractivity contribution in [1.82, 2.24) is 0 Å². The van der Waals surface area contributed by atoms with Crippen LogP contribution in [0.5, 0.6) is 0 Å². The minimum atomic E-state index is -1.29. The first-order chi connectivity index (χ1) is 9.61. The monoisotopic (exact) mass is 298 g/mol. The topological polar surface area (TPSA) is 21.8 Å². The lowest BCUT2D eigenvalue weighted by Gasteiger charge is -2.19. The summed E-state index contributed by atoms with van der Waals surface area (Å²) in [6, 6.07) is 1.33. The molecule has 0 N–H and O–H groups in total. The molecule has 3 unspecified atom stereocenters. The van der Waals surface area contributed by atoms with Gasteiger partial charge in [0, 0.05) is 7.11 Å². The Bertz CT molecular complexity index is 280. The fourth-order valence-corrected chi connectivity index (χ4v) is 4.85. The molecule has 1 aliphatic heterocycles. The first-order valence-electron chi connectivity index (χ1n) is 8.81. The third kappa shape index (κ3) is 5.86. The van der Waals surface area contributed by atoms with E-state index in [4.69, 9.17) is 9.16 Å². The molecule has 0 aromatic heterocycles. The van der Waals surface area contributed by atoms with E-state index in [-0.39, 0.29) is 0 Å². The Morgan fingerprint density at radius 3 is 2.35 bits per heavy atom. The summed E-state index contributed by atoms with van der Waals surface area (Å²) in [7, 11) is 0.592. The molecular formula is C17H34O2Si. The normalized spacial score (nSPS) is 29.2. The number of rotatable bonds is 10. The summed E-state index contributed by atoms with van der Waals surface area (Å²) in [6.07, 6.45) is 15.4. The van der Waals surface area contributed by atoms with Crippen LogP contribution in [0.1, 0.15) is 64.2 Å². The molecule has 0 aromatic carbocycles. The minimum Gasteiger partial charge on any atom is -0.420 e. The van der Waals surface area contributed by atoms with Crippen LogP contribution in [0, 0.1) is 5.92 Å². The zero-order chi connectivity index (χ0) is 14.4. The van der Waals surface area contributed by atoms with Gasteiger partial charge in [0.2, 0.25) is 0 Å². The lowest BCUT2D eigenvalue weighted by Crippen LogP contribution is -2.27. The highest BCUT2D eigenvalue weighted by Crippen LogP contribution is 2.41.